The van der Waals surface area contributed by atoms with E-state index in [4.69, 9.17) is 0 Å². The molecule has 27 heavy (non-hydrogen) atoms. The molecule has 0 radical (unpaired) electrons. The fraction of sp³-hybridized carbons (Fsp3) is 0.391. The highest BCUT2D eigenvalue weighted by atomic mass is 31.1. The summed E-state index contributed by atoms with van der Waals surface area (Å²) in [6.07, 6.45) is 6.83. The second kappa shape index (κ2) is 12.2. The van der Waals surface area contributed by atoms with E-state index < -0.39 is 0 Å². The first-order valence-electron chi connectivity index (χ1n) is 9.65. The molecule has 2 atom stereocenters. The van der Waals surface area contributed by atoms with E-state index in [-0.39, 0.29) is 27.4 Å². The van der Waals surface area contributed by atoms with Crippen molar-refractivity contribution in [2.45, 2.75) is 33.1 Å². The maximum Gasteiger partial charge on any atom is 0.130 e. The third-order valence-corrected chi connectivity index (χ3v) is 9.86. The number of hydrogen-bond acceptors (Lipinski definition) is 2. The summed E-state index contributed by atoms with van der Waals surface area (Å²) in [5.74, 6) is 0.567. The predicted octanol–water partition coefficient (Wildman–Crippen LogP) is 4.95. The summed E-state index contributed by atoms with van der Waals surface area (Å²) in [5, 5.41) is 2.81. The molecule has 0 fully saturated rings. The zero-order valence-electron chi connectivity index (χ0n) is 16.4. The number of hydrogen-bond donors (Lipinski definition) is 0. The van der Waals surface area contributed by atoms with Gasteiger partial charge in [0.15, 0.2) is 0 Å². The number of carbonyl (C=O) groups is 2. The molecule has 0 spiro atoms. The van der Waals surface area contributed by atoms with E-state index in [1.807, 2.05) is 0 Å². The smallest absolute Gasteiger partial charge is 0.130 e. The van der Waals surface area contributed by atoms with Crippen LogP contribution in [0.15, 0.2) is 60.7 Å². The molecule has 0 amide bonds. The Morgan fingerprint density at radius 3 is 1.33 bits per heavy atom. The monoisotopic (exact) mass is 400 g/mol. The van der Waals surface area contributed by atoms with Gasteiger partial charge in [0.05, 0.1) is 0 Å². The normalized spacial score (nSPS) is 13.1. The summed E-state index contributed by atoms with van der Waals surface area (Å²) >= 11 is 0. The van der Waals surface area contributed by atoms with Crippen LogP contribution in [0.3, 0.4) is 0 Å². The van der Waals surface area contributed by atoms with E-state index >= 15 is 0 Å². The Hall–Kier alpha value is -1.36. The first kappa shape index (κ1) is 21.9. The van der Waals surface area contributed by atoms with Crippen molar-refractivity contribution < 1.29 is 9.59 Å². The summed E-state index contributed by atoms with van der Waals surface area (Å²) in [5.41, 5.74) is 0. The first-order chi connectivity index (χ1) is 13.1. The van der Waals surface area contributed by atoms with Crippen molar-refractivity contribution in [1.82, 2.24) is 0 Å². The van der Waals surface area contributed by atoms with Gasteiger partial charge in [-0.3, -0.25) is 0 Å². The maximum atomic E-state index is 11.5. The highest BCUT2D eigenvalue weighted by molar-refractivity contribution is 7.66. The van der Waals surface area contributed by atoms with Crippen LogP contribution < -0.4 is 10.6 Å². The lowest BCUT2D eigenvalue weighted by molar-refractivity contribution is -0.117. The lowest BCUT2D eigenvalue weighted by Crippen LogP contribution is -2.11. The molecule has 0 heterocycles. The maximum absolute atomic E-state index is 11.5. The van der Waals surface area contributed by atoms with Gasteiger partial charge in [-0.1, -0.05) is 76.5 Å². The largest absolute Gasteiger partial charge is 0.300 e. The number of carbonyl (C=O) groups excluding carboxylic acids is 2. The van der Waals surface area contributed by atoms with Crippen molar-refractivity contribution >= 4 is 38.0 Å². The molecule has 0 saturated carbocycles. The van der Waals surface area contributed by atoms with Gasteiger partial charge in [-0.05, 0) is 55.5 Å². The van der Waals surface area contributed by atoms with Gasteiger partial charge >= 0.3 is 0 Å². The van der Waals surface area contributed by atoms with Gasteiger partial charge in [-0.25, -0.2) is 0 Å². The average molecular weight is 400 g/mol. The van der Waals surface area contributed by atoms with Crippen molar-refractivity contribution in [2.75, 3.05) is 24.6 Å². The van der Waals surface area contributed by atoms with Gasteiger partial charge in [0.2, 0.25) is 0 Å². The van der Waals surface area contributed by atoms with Gasteiger partial charge < -0.3 is 9.59 Å². The summed E-state index contributed by atoms with van der Waals surface area (Å²) < 4.78 is 0. The van der Waals surface area contributed by atoms with Crippen LogP contribution in [0.2, 0.25) is 0 Å². The first-order valence-corrected chi connectivity index (χ1v) is 13.1. The Kier molecular flexibility index (Phi) is 9.89. The standard InChI is InChI=1S/C23H30O2P2/c1-20(24)14-18-26(22-10-5-3-6-11-22)16-9-17-27(19-15-21(2)25)23-12-7-4-8-13-23/h3-8,10-13H,9,14-19H2,1-2H3. The molecule has 2 unspecified atom stereocenters. The van der Waals surface area contributed by atoms with Crippen molar-refractivity contribution in [3.8, 4) is 0 Å². The fourth-order valence-electron chi connectivity index (χ4n) is 3.05. The van der Waals surface area contributed by atoms with Crippen LogP contribution in [0.1, 0.15) is 33.1 Å². The molecule has 4 heteroatoms. The molecule has 2 nitrogen and oxygen atoms in total. The predicted molar refractivity (Wildman–Crippen MR) is 121 cm³/mol. The molecule has 2 aromatic carbocycles. The number of ketones is 2. The average Bonchev–Trinajstić information content (AvgIpc) is 2.68. The summed E-state index contributed by atoms with van der Waals surface area (Å²) in [6, 6.07) is 21.3. The zero-order valence-corrected chi connectivity index (χ0v) is 18.2. The van der Waals surface area contributed by atoms with E-state index in [0.29, 0.717) is 12.8 Å². The minimum atomic E-state index is -0.287. The molecule has 0 saturated heterocycles. The van der Waals surface area contributed by atoms with E-state index in [1.54, 1.807) is 13.8 Å². The Morgan fingerprint density at radius 1 is 0.630 bits per heavy atom. The topological polar surface area (TPSA) is 34.1 Å². The lowest BCUT2D eigenvalue weighted by atomic mass is 10.3. The van der Waals surface area contributed by atoms with Gasteiger partial charge in [0, 0.05) is 12.8 Å². The van der Waals surface area contributed by atoms with Gasteiger partial charge in [-0.15, -0.1) is 0 Å². The van der Waals surface area contributed by atoms with E-state index in [2.05, 4.69) is 60.7 Å². The quantitative estimate of drug-likeness (QED) is 0.473. The van der Waals surface area contributed by atoms with Crippen LogP contribution in [0.4, 0.5) is 0 Å². The van der Waals surface area contributed by atoms with Crippen molar-refractivity contribution in [2.24, 2.45) is 0 Å². The van der Waals surface area contributed by atoms with E-state index in [1.165, 1.54) is 22.9 Å². The van der Waals surface area contributed by atoms with Crippen LogP contribution in [-0.2, 0) is 9.59 Å². The lowest BCUT2D eigenvalue weighted by Gasteiger charge is -2.21. The Morgan fingerprint density at radius 2 is 1.00 bits per heavy atom. The van der Waals surface area contributed by atoms with E-state index in [0.717, 1.165) is 18.7 Å². The summed E-state index contributed by atoms with van der Waals surface area (Å²) in [6.45, 7) is 3.38. The summed E-state index contributed by atoms with van der Waals surface area (Å²) in [7, 11) is -0.574. The minimum Gasteiger partial charge on any atom is -0.300 e. The molecule has 2 aromatic rings. The van der Waals surface area contributed by atoms with Crippen LogP contribution >= 0.6 is 15.8 Å². The Balaban J connectivity index is 1.98. The van der Waals surface area contributed by atoms with Crippen LogP contribution in [-0.4, -0.2) is 36.2 Å². The number of Topliss-reactive ketones (excluding diaryl/α,β-unsaturated/α-hetero) is 2. The molecule has 0 N–H and O–H groups in total. The SMILES string of the molecule is CC(=O)CCP(CCCP(CCC(C)=O)c1ccccc1)c1ccccc1. The Bertz CT molecular complexity index is 639. The third kappa shape index (κ3) is 8.46. The van der Waals surface area contributed by atoms with Crippen molar-refractivity contribution in [3.63, 3.8) is 0 Å². The highest BCUT2D eigenvalue weighted by Gasteiger charge is 2.15. The molecule has 2 rings (SSSR count). The molecule has 0 bridgehead atoms. The Labute approximate surface area is 166 Å². The molecule has 0 aliphatic heterocycles. The van der Waals surface area contributed by atoms with E-state index in [9.17, 15) is 9.59 Å². The number of rotatable bonds is 12. The summed E-state index contributed by atoms with van der Waals surface area (Å²) in [4.78, 5) is 23.0. The molecule has 0 aromatic heterocycles. The zero-order chi connectivity index (χ0) is 19.5. The fourth-order valence-corrected chi connectivity index (χ4v) is 8.22. The molecule has 0 aliphatic carbocycles. The van der Waals surface area contributed by atoms with Crippen molar-refractivity contribution in [1.29, 1.82) is 0 Å². The number of benzene rings is 2. The molecular formula is C23H30O2P2. The van der Waals surface area contributed by atoms with Gasteiger partial charge in [0.25, 0.3) is 0 Å². The van der Waals surface area contributed by atoms with Crippen LogP contribution in [0, 0.1) is 0 Å². The van der Waals surface area contributed by atoms with Crippen LogP contribution in [0.5, 0.6) is 0 Å². The van der Waals surface area contributed by atoms with Crippen molar-refractivity contribution in [3.05, 3.63) is 60.7 Å². The molecule has 144 valence electrons. The second-order valence-corrected chi connectivity index (χ2v) is 11.9. The molecule has 0 aliphatic rings. The van der Waals surface area contributed by atoms with Gasteiger partial charge in [0.1, 0.15) is 11.6 Å². The van der Waals surface area contributed by atoms with Gasteiger partial charge in [-0.2, -0.15) is 0 Å². The molecular weight excluding hydrogens is 370 g/mol. The van der Waals surface area contributed by atoms with Crippen LogP contribution in [0.25, 0.3) is 0 Å². The third-order valence-electron chi connectivity index (χ3n) is 4.57. The second-order valence-electron chi connectivity index (χ2n) is 6.90. The minimum absolute atomic E-state index is 0.284. The highest BCUT2D eigenvalue weighted by Crippen LogP contribution is 2.41.